The summed E-state index contributed by atoms with van der Waals surface area (Å²) in [5.74, 6) is 0.490. The summed E-state index contributed by atoms with van der Waals surface area (Å²) in [4.78, 5) is 40.5. The van der Waals surface area contributed by atoms with E-state index < -0.39 is 17.7 Å². The van der Waals surface area contributed by atoms with Gasteiger partial charge in [-0.05, 0) is 39.0 Å². The number of morpholine rings is 1. The number of hydrogen-bond acceptors (Lipinski definition) is 12. The lowest BCUT2D eigenvalue weighted by Crippen LogP contribution is -2.45. The maximum absolute atomic E-state index is 12.8. The highest BCUT2D eigenvalue weighted by Gasteiger charge is 2.24. The second kappa shape index (κ2) is 12.1. The van der Waals surface area contributed by atoms with Crippen molar-refractivity contribution in [2.45, 2.75) is 32.5 Å². The van der Waals surface area contributed by atoms with Crippen LogP contribution in [-0.2, 0) is 18.9 Å². The molecule has 13 heteroatoms. The molecule has 1 aliphatic rings. The first-order chi connectivity index (χ1) is 20.1. The molecule has 0 saturated carbocycles. The van der Waals surface area contributed by atoms with Crippen LogP contribution in [0.4, 0.5) is 22.2 Å². The Labute approximate surface area is 242 Å². The fourth-order valence-electron chi connectivity index (χ4n) is 4.44. The van der Waals surface area contributed by atoms with Gasteiger partial charge in [0.25, 0.3) is 0 Å². The Morgan fingerprint density at radius 2 is 1.93 bits per heavy atom. The maximum atomic E-state index is 12.8. The normalized spacial score (nSPS) is 15.5. The molecule has 220 valence electrons. The summed E-state index contributed by atoms with van der Waals surface area (Å²) in [5, 5.41) is 8.30. The molecular formula is C29H33N7O6. The summed E-state index contributed by atoms with van der Waals surface area (Å²) < 4.78 is 22.6. The Morgan fingerprint density at radius 1 is 1.10 bits per heavy atom. The molecule has 0 aliphatic carbocycles. The predicted molar refractivity (Wildman–Crippen MR) is 155 cm³/mol. The Morgan fingerprint density at radius 3 is 2.64 bits per heavy atom. The number of carbonyl (C=O) groups excluding carboxylic acids is 2. The van der Waals surface area contributed by atoms with Gasteiger partial charge in [-0.15, -0.1) is 0 Å². The van der Waals surface area contributed by atoms with Crippen LogP contribution in [0.3, 0.4) is 0 Å². The van der Waals surface area contributed by atoms with Crippen molar-refractivity contribution >= 4 is 40.4 Å². The third kappa shape index (κ3) is 6.64. The molecule has 1 N–H and O–H groups in total. The van der Waals surface area contributed by atoms with E-state index in [4.69, 9.17) is 28.9 Å². The largest absolute Gasteiger partial charge is 0.464 e. The van der Waals surface area contributed by atoms with E-state index in [0.717, 1.165) is 10.9 Å². The molecule has 1 saturated heterocycles. The first-order valence-electron chi connectivity index (χ1n) is 13.4. The van der Waals surface area contributed by atoms with E-state index >= 15 is 0 Å². The lowest BCUT2D eigenvalue weighted by molar-refractivity contribution is -0.0104. The van der Waals surface area contributed by atoms with E-state index in [0.29, 0.717) is 55.0 Å². The molecule has 1 aliphatic heterocycles. The van der Waals surface area contributed by atoms with Crippen molar-refractivity contribution < 1.29 is 28.5 Å². The van der Waals surface area contributed by atoms with E-state index in [1.54, 1.807) is 52.3 Å². The van der Waals surface area contributed by atoms with Gasteiger partial charge in [-0.1, -0.05) is 12.1 Å². The molecule has 3 aromatic heterocycles. The minimum Gasteiger partial charge on any atom is -0.464 e. The molecule has 4 aromatic rings. The Balaban J connectivity index is 1.53. The number of rotatable bonds is 7. The molecule has 0 amide bonds. The van der Waals surface area contributed by atoms with Crippen LogP contribution < -0.4 is 10.2 Å². The number of pyridine rings is 1. The Hall–Kier alpha value is -4.62. The molecule has 1 unspecified atom stereocenters. The van der Waals surface area contributed by atoms with Gasteiger partial charge in [0, 0.05) is 37.2 Å². The number of fused-ring (bicyclic) bond motifs is 1. The van der Waals surface area contributed by atoms with Gasteiger partial charge >= 0.3 is 12.1 Å². The van der Waals surface area contributed by atoms with Gasteiger partial charge in [0.2, 0.25) is 5.95 Å². The number of anilines is 3. The number of benzene rings is 1. The molecule has 5 rings (SSSR count). The Bertz CT molecular complexity index is 1580. The number of carbonyl (C=O) groups is 2. The van der Waals surface area contributed by atoms with E-state index in [2.05, 4.69) is 15.4 Å². The number of aromatic nitrogens is 5. The van der Waals surface area contributed by atoms with Crippen LogP contribution in [0.1, 0.15) is 31.3 Å². The lowest BCUT2D eigenvalue weighted by atomic mass is 10.1. The quantitative estimate of drug-likeness (QED) is 0.318. The van der Waals surface area contributed by atoms with Crippen LogP contribution in [0.15, 0.2) is 48.8 Å². The fourth-order valence-corrected chi connectivity index (χ4v) is 4.44. The zero-order valence-corrected chi connectivity index (χ0v) is 24.2. The minimum absolute atomic E-state index is 0.123. The van der Waals surface area contributed by atoms with E-state index in [-0.39, 0.29) is 11.8 Å². The summed E-state index contributed by atoms with van der Waals surface area (Å²) in [6.45, 7) is 7.52. The zero-order valence-electron chi connectivity index (χ0n) is 24.2. The van der Waals surface area contributed by atoms with Crippen LogP contribution in [-0.4, -0.2) is 89.0 Å². The predicted octanol–water partition coefficient (Wildman–Crippen LogP) is 4.05. The Kier molecular flexibility index (Phi) is 8.31. The molecule has 0 radical (unpaired) electrons. The van der Waals surface area contributed by atoms with E-state index in [9.17, 15) is 9.59 Å². The van der Waals surface area contributed by atoms with Crippen molar-refractivity contribution in [3.8, 4) is 11.3 Å². The van der Waals surface area contributed by atoms with Crippen LogP contribution in [0.25, 0.3) is 22.2 Å². The molecule has 0 bridgehead atoms. The van der Waals surface area contributed by atoms with Crippen molar-refractivity contribution in [2.75, 3.05) is 50.7 Å². The molecule has 1 fully saturated rings. The monoisotopic (exact) mass is 575 g/mol. The smallest absolute Gasteiger partial charge is 0.435 e. The van der Waals surface area contributed by atoms with Crippen LogP contribution in [0.5, 0.6) is 0 Å². The molecular weight excluding hydrogens is 542 g/mol. The highest BCUT2D eigenvalue weighted by Crippen LogP contribution is 2.29. The number of esters is 1. The molecule has 4 heterocycles. The standard InChI is InChI=1S/C29H33N7O6/c1-29(2,3)42-28(38)36-24-12-18(6-7-19(24)14-31-36)23-13-25(32-20-8-9-22(30-15-20)26(37)40-5)34-27(33-23)35-10-11-41-21(16-35)17-39-4/h6-9,12-15,21H,10-11,16-17H2,1-5H3,(H,32,33,34). The van der Waals surface area contributed by atoms with Crippen molar-refractivity contribution in [2.24, 2.45) is 0 Å². The molecule has 13 nitrogen and oxygen atoms in total. The highest BCUT2D eigenvalue weighted by atomic mass is 16.6. The topological polar surface area (TPSA) is 143 Å². The van der Waals surface area contributed by atoms with Gasteiger partial charge in [0.05, 0.1) is 55.7 Å². The van der Waals surface area contributed by atoms with Gasteiger partial charge in [0.1, 0.15) is 17.1 Å². The van der Waals surface area contributed by atoms with Crippen molar-refractivity contribution in [3.05, 3.63) is 54.5 Å². The average Bonchev–Trinajstić information content (AvgIpc) is 3.40. The van der Waals surface area contributed by atoms with Crippen molar-refractivity contribution in [1.82, 2.24) is 24.7 Å². The van der Waals surface area contributed by atoms with Crippen LogP contribution >= 0.6 is 0 Å². The zero-order chi connectivity index (χ0) is 29.9. The van der Waals surface area contributed by atoms with Gasteiger partial charge in [0.15, 0.2) is 0 Å². The highest BCUT2D eigenvalue weighted by molar-refractivity contribution is 5.91. The maximum Gasteiger partial charge on any atom is 0.435 e. The SMILES string of the molecule is COCC1CN(c2nc(Nc3ccc(C(=O)OC)nc3)cc(-c3ccc4cnn(C(=O)OC(C)(C)C)c4c3)n2)CCO1. The van der Waals surface area contributed by atoms with Crippen molar-refractivity contribution in [1.29, 1.82) is 0 Å². The number of methoxy groups -OCH3 is 2. The average molecular weight is 576 g/mol. The van der Waals surface area contributed by atoms with Crippen molar-refractivity contribution in [3.63, 3.8) is 0 Å². The number of hydrogen-bond donors (Lipinski definition) is 1. The first kappa shape index (κ1) is 28.9. The van der Waals surface area contributed by atoms with E-state index in [1.807, 2.05) is 23.1 Å². The van der Waals surface area contributed by atoms with Crippen LogP contribution in [0.2, 0.25) is 0 Å². The number of nitrogens with zero attached hydrogens (tertiary/aromatic N) is 6. The second-order valence-electron chi connectivity index (χ2n) is 10.7. The third-order valence-corrected chi connectivity index (χ3v) is 6.35. The summed E-state index contributed by atoms with van der Waals surface area (Å²) in [6.07, 6.45) is 2.46. The summed E-state index contributed by atoms with van der Waals surface area (Å²) in [7, 11) is 2.94. The minimum atomic E-state index is -0.669. The van der Waals surface area contributed by atoms with Gasteiger partial charge in [-0.2, -0.15) is 14.8 Å². The first-order valence-corrected chi connectivity index (χ1v) is 13.4. The van der Waals surface area contributed by atoms with Gasteiger partial charge < -0.3 is 29.2 Å². The van der Waals surface area contributed by atoms with Gasteiger partial charge in [-0.25, -0.2) is 19.6 Å². The van der Waals surface area contributed by atoms with Crippen LogP contribution in [0, 0.1) is 0 Å². The molecule has 1 aromatic carbocycles. The third-order valence-electron chi connectivity index (χ3n) is 6.35. The second-order valence-corrected chi connectivity index (χ2v) is 10.7. The van der Waals surface area contributed by atoms with E-state index in [1.165, 1.54) is 18.0 Å². The summed E-state index contributed by atoms with van der Waals surface area (Å²) in [5.41, 5.74) is 2.11. The summed E-state index contributed by atoms with van der Waals surface area (Å²) in [6, 6.07) is 10.7. The van der Waals surface area contributed by atoms with Gasteiger partial charge in [-0.3, -0.25) is 0 Å². The molecule has 1 atom stereocenters. The summed E-state index contributed by atoms with van der Waals surface area (Å²) >= 11 is 0. The fraction of sp³-hybridized carbons (Fsp3) is 0.379. The molecule has 0 spiro atoms. The molecule has 42 heavy (non-hydrogen) atoms. The lowest BCUT2D eigenvalue weighted by Gasteiger charge is -2.33. The number of nitrogens with one attached hydrogen (secondary N) is 1. The number of ether oxygens (including phenoxy) is 4.